The van der Waals surface area contributed by atoms with Crippen molar-refractivity contribution in [1.29, 1.82) is 0 Å². The number of nitrogens with zero attached hydrogens (tertiary/aromatic N) is 1. The van der Waals surface area contributed by atoms with Crippen LogP contribution >= 0.6 is 0 Å². The van der Waals surface area contributed by atoms with Gasteiger partial charge in [-0.25, -0.2) is 9.59 Å². The Balaban J connectivity index is 4.69. The first-order valence-corrected chi connectivity index (χ1v) is 18.9. The van der Waals surface area contributed by atoms with E-state index in [0.29, 0.717) is 25.7 Å². The number of unbranched alkanes of at least 4 members (excludes halogenated alkanes) is 17. The van der Waals surface area contributed by atoms with Gasteiger partial charge in [-0.1, -0.05) is 130 Å². The van der Waals surface area contributed by atoms with Crippen molar-refractivity contribution < 1.29 is 34.2 Å². The second kappa shape index (κ2) is 28.3. The summed E-state index contributed by atoms with van der Waals surface area (Å²) in [4.78, 5) is 37.7. The van der Waals surface area contributed by atoms with Crippen molar-refractivity contribution in [3.63, 3.8) is 0 Å². The Kier molecular flexibility index (Phi) is 27.2. The number of aliphatic carboxylic acids is 3. The first-order chi connectivity index (χ1) is 21.7. The van der Waals surface area contributed by atoms with Gasteiger partial charge in [-0.2, -0.15) is 0 Å². The third kappa shape index (κ3) is 18.1. The zero-order valence-electron chi connectivity index (χ0n) is 29.7. The van der Waals surface area contributed by atoms with Crippen molar-refractivity contribution >= 4 is 17.9 Å². The molecule has 0 aromatic heterocycles. The minimum atomic E-state index is -1.33. The smallest absolute Gasteiger partial charge is 0.362 e. The molecule has 0 heterocycles. The highest BCUT2D eigenvalue weighted by molar-refractivity contribution is 5.77. The minimum absolute atomic E-state index is 0.206. The lowest BCUT2D eigenvalue weighted by atomic mass is 9.91. The summed E-state index contributed by atoms with van der Waals surface area (Å²) in [6.07, 6.45) is 30.0. The van der Waals surface area contributed by atoms with Gasteiger partial charge in [0.15, 0.2) is 12.1 Å². The van der Waals surface area contributed by atoms with Crippen LogP contribution in [0.3, 0.4) is 0 Å². The molecule has 2 N–H and O–H groups in total. The van der Waals surface area contributed by atoms with Gasteiger partial charge >= 0.3 is 11.9 Å². The van der Waals surface area contributed by atoms with Crippen molar-refractivity contribution in [1.82, 2.24) is 0 Å². The van der Waals surface area contributed by atoms with E-state index in [-0.39, 0.29) is 25.8 Å². The van der Waals surface area contributed by atoms with E-state index in [1.165, 1.54) is 83.5 Å². The number of carbonyl (C=O) groups is 3. The highest BCUT2D eigenvalue weighted by Crippen LogP contribution is 2.34. The first-order valence-electron chi connectivity index (χ1n) is 18.9. The number of hydrogen-bond acceptors (Lipinski definition) is 4. The number of carboxylic acid groups (broad SMARTS) is 3. The summed E-state index contributed by atoms with van der Waals surface area (Å²) in [5, 5.41) is 33.1. The normalized spacial score (nSPS) is 15.1. The highest BCUT2D eigenvalue weighted by atomic mass is 16.4. The zero-order valence-corrected chi connectivity index (χ0v) is 29.7. The van der Waals surface area contributed by atoms with E-state index < -0.39 is 40.5 Å². The average molecular weight is 638 g/mol. The predicted molar refractivity (Wildman–Crippen MR) is 184 cm³/mol. The molecule has 0 rings (SSSR count). The van der Waals surface area contributed by atoms with Gasteiger partial charge in [0, 0.05) is 19.3 Å². The molecular weight excluding hydrogens is 566 g/mol. The topological polar surface area (TPSA) is 115 Å². The van der Waals surface area contributed by atoms with Gasteiger partial charge in [0.05, 0.1) is 12.5 Å². The van der Waals surface area contributed by atoms with Crippen LogP contribution in [0, 0.1) is 0 Å². The summed E-state index contributed by atoms with van der Waals surface area (Å²) < 4.78 is -0.435. The molecule has 7 nitrogen and oxygen atoms in total. The summed E-state index contributed by atoms with van der Waals surface area (Å²) in [6, 6.07) is -3.33. The van der Waals surface area contributed by atoms with Crippen LogP contribution in [0.1, 0.15) is 188 Å². The molecule has 3 atom stereocenters. The van der Waals surface area contributed by atoms with Crippen LogP contribution < -0.4 is 5.11 Å². The van der Waals surface area contributed by atoms with Crippen LogP contribution in [0.2, 0.25) is 0 Å². The van der Waals surface area contributed by atoms with Crippen LogP contribution in [0.5, 0.6) is 0 Å². The van der Waals surface area contributed by atoms with E-state index in [2.05, 4.69) is 19.1 Å². The van der Waals surface area contributed by atoms with Crippen LogP contribution in [-0.2, 0) is 14.4 Å². The van der Waals surface area contributed by atoms with Gasteiger partial charge < -0.3 is 20.1 Å². The lowest BCUT2D eigenvalue weighted by Gasteiger charge is -2.52. The number of carboxylic acids is 3. The van der Waals surface area contributed by atoms with Crippen molar-refractivity contribution in [2.45, 2.75) is 206 Å². The first kappa shape index (κ1) is 43.1. The largest absolute Gasteiger partial charge is 0.544 e. The maximum Gasteiger partial charge on any atom is 0.362 e. The van der Waals surface area contributed by atoms with E-state index >= 15 is 0 Å². The Morgan fingerprint density at radius 1 is 0.511 bits per heavy atom. The van der Waals surface area contributed by atoms with Crippen LogP contribution in [0.15, 0.2) is 12.2 Å². The fourth-order valence-corrected chi connectivity index (χ4v) is 7.15. The Labute approximate surface area is 276 Å². The molecule has 0 saturated carbocycles. The van der Waals surface area contributed by atoms with Crippen molar-refractivity contribution in [2.24, 2.45) is 0 Å². The average Bonchev–Trinajstić information content (AvgIpc) is 3.00. The van der Waals surface area contributed by atoms with E-state index in [1.54, 1.807) is 0 Å². The Morgan fingerprint density at radius 2 is 0.844 bits per heavy atom. The molecule has 0 aliphatic carbocycles. The lowest BCUT2D eigenvalue weighted by Crippen LogP contribution is -2.74. The second-order valence-electron chi connectivity index (χ2n) is 13.3. The molecule has 45 heavy (non-hydrogen) atoms. The zero-order chi connectivity index (χ0) is 33.8. The van der Waals surface area contributed by atoms with Gasteiger partial charge in [-0.3, -0.25) is 4.48 Å². The number of rotatable bonds is 33. The van der Waals surface area contributed by atoms with E-state index in [4.69, 9.17) is 0 Å². The van der Waals surface area contributed by atoms with Crippen LogP contribution in [-0.4, -0.2) is 57.3 Å². The molecule has 0 aliphatic heterocycles. The monoisotopic (exact) mass is 638 g/mol. The second-order valence-corrected chi connectivity index (χ2v) is 13.3. The number of allylic oxidation sites excluding steroid dienone is 2. The summed E-state index contributed by atoms with van der Waals surface area (Å²) in [7, 11) is 0. The molecule has 0 spiro atoms. The van der Waals surface area contributed by atoms with Crippen molar-refractivity contribution in [3.8, 4) is 0 Å². The molecular formula is C38H71NO6. The highest BCUT2D eigenvalue weighted by Gasteiger charge is 2.54. The van der Waals surface area contributed by atoms with Gasteiger partial charge in [-0.05, 0) is 51.4 Å². The van der Waals surface area contributed by atoms with E-state index in [9.17, 15) is 29.7 Å². The van der Waals surface area contributed by atoms with Gasteiger partial charge in [-0.15, -0.1) is 0 Å². The van der Waals surface area contributed by atoms with E-state index in [0.717, 1.165) is 32.1 Å². The predicted octanol–water partition coefficient (Wildman–Crippen LogP) is 9.22. The van der Waals surface area contributed by atoms with Crippen LogP contribution in [0.4, 0.5) is 0 Å². The Bertz CT molecular complexity index is 722. The molecule has 0 bridgehead atoms. The molecule has 0 aliphatic rings. The van der Waals surface area contributed by atoms with Gasteiger partial charge in [0.1, 0.15) is 6.04 Å². The fourth-order valence-electron chi connectivity index (χ4n) is 7.15. The molecule has 0 fully saturated rings. The summed E-state index contributed by atoms with van der Waals surface area (Å²) in [6.45, 7) is 8.08. The lowest BCUT2D eigenvalue weighted by molar-refractivity contribution is -0.975. The number of quaternary nitrogens is 1. The van der Waals surface area contributed by atoms with Gasteiger partial charge in [0.2, 0.25) is 0 Å². The minimum Gasteiger partial charge on any atom is -0.544 e. The number of carbonyl (C=O) groups excluding carboxylic acids is 1. The van der Waals surface area contributed by atoms with Crippen molar-refractivity contribution in [2.75, 3.05) is 6.54 Å². The molecule has 7 heteroatoms. The maximum absolute atomic E-state index is 12.6. The van der Waals surface area contributed by atoms with Crippen LogP contribution in [0.25, 0.3) is 0 Å². The molecule has 0 saturated heterocycles. The molecule has 0 radical (unpaired) electrons. The molecule has 0 aromatic carbocycles. The Morgan fingerprint density at radius 3 is 1.18 bits per heavy atom. The maximum atomic E-state index is 12.6. The molecule has 264 valence electrons. The molecule has 0 aromatic rings. The third-order valence-corrected chi connectivity index (χ3v) is 9.58. The molecule has 0 amide bonds. The summed E-state index contributed by atoms with van der Waals surface area (Å²) >= 11 is 0. The summed E-state index contributed by atoms with van der Waals surface area (Å²) in [5.74, 6) is -3.56. The number of hydrogen-bond donors (Lipinski definition) is 2. The third-order valence-electron chi connectivity index (χ3n) is 9.58. The van der Waals surface area contributed by atoms with Crippen molar-refractivity contribution in [3.05, 3.63) is 12.2 Å². The standard InChI is InChI=1S/C38H71NO6/c1-5-9-10-11-12-13-14-15-16-17-18-19-20-21-22-23-24-25-26-27-28-32-39(33(29-6-2)36(40)41,34(30-7-3)37(42)43)35(31-8-4)38(44)45/h18-19,33-35H,5-17,20-32H2,1-4H3,(H2-,40,41,42,43,44,45)/b19-18+. The fraction of sp³-hybridized carbons (Fsp3) is 0.868. The SMILES string of the molecule is CCCCCCCCCCC/C=C/CCCCCCCCCC[N+](C(CCC)C(=O)[O-])(C(CCC)C(=O)O)C(CCC)C(=O)O. The Hall–Kier alpha value is -1.89. The van der Waals surface area contributed by atoms with Gasteiger partial charge in [0.25, 0.3) is 0 Å². The quantitative estimate of drug-likeness (QED) is 0.0421. The molecule has 3 unspecified atom stereocenters. The van der Waals surface area contributed by atoms with E-state index in [1.807, 2.05) is 20.8 Å². The summed E-state index contributed by atoms with van der Waals surface area (Å²) in [5.41, 5.74) is 0.